The highest BCUT2D eigenvalue weighted by molar-refractivity contribution is 5.96. The molecule has 1 amide bonds. The Morgan fingerprint density at radius 3 is 2.07 bits per heavy atom. The van der Waals surface area contributed by atoms with E-state index in [4.69, 9.17) is 23.7 Å². The molecular weight excluding hydrogens is 754 g/mol. The van der Waals surface area contributed by atoms with Gasteiger partial charge in [0.15, 0.2) is 23.6 Å². The second-order valence-electron chi connectivity index (χ2n) is 17.0. The standard InChI is InChI=1S/C43H49NO14/c1-21-28(56-39(52)32(48)26-17-27(26)44-37(50)24-13-9-7-10-14-24)19-43(53)36(57-38(51)25-15-11-8-12-16-25)34-41(6,29(47)18-30-42(34,20-54-30)58-23(3)46)35(49)33(55-22(2)45)31(21)40(43,4)5/h7-16,26-30,32-34,36,47-48,53H,17-20H2,1-6H3,(H,44,50)/t26?,27?,28-,29-,30+,32+,33+,34-,36-,41+,42-,43+/m0/s1. The van der Waals surface area contributed by atoms with Crippen LogP contribution in [0.1, 0.15) is 81.5 Å². The van der Waals surface area contributed by atoms with Crippen molar-refractivity contribution < 1.29 is 67.8 Å². The van der Waals surface area contributed by atoms with E-state index in [1.54, 1.807) is 69.3 Å². The van der Waals surface area contributed by atoms with E-state index in [1.165, 1.54) is 19.1 Å². The minimum atomic E-state index is -2.33. The topological polar surface area (TPSA) is 221 Å². The Labute approximate surface area is 335 Å². The Bertz CT molecular complexity index is 2050. The fourth-order valence-electron chi connectivity index (χ4n) is 9.97. The first kappa shape index (κ1) is 41.2. The average Bonchev–Trinajstić information content (AvgIpc) is 3.94. The molecule has 5 aliphatic rings. The fraction of sp³-hybridized carbons (Fsp3) is 0.535. The number of aliphatic hydroxyl groups is 3. The smallest absolute Gasteiger partial charge is 0.338 e. The van der Waals surface area contributed by atoms with Crippen molar-refractivity contribution >= 4 is 35.6 Å². The molecule has 12 atom stereocenters. The summed E-state index contributed by atoms with van der Waals surface area (Å²) >= 11 is 0. The lowest BCUT2D eigenvalue weighted by Crippen LogP contribution is -2.82. The van der Waals surface area contributed by atoms with Gasteiger partial charge >= 0.3 is 23.9 Å². The van der Waals surface area contributed by atoms with Crippen LogP contribution in [-0.4, -0.2) is 111 Å². The molecule has 2 aromatic rings. The number of ketones is 1. The molecule has 0 radical (unpaired) electrons. The van der Waals surface area contributed by atoms with Crippen molar-refractivity contribution in [2.45, 2.75) is 115 Å². The molecule has 0 spiro atoms. The van der Waals surface area contributed by atoms with Gasteiger partial charge in [-0.05, 0) is 55.7 Å². The van der Waals surface area contributed by atoms with Crippen molar-refractivity contribution in [1.29, 1.82) is 0 Å². The van der Waals surface area contributed by atoms with E-state index in [2.05, 4.69) is 5.32 Å². The largest absolute Gasteiger partial charge is 0.456 e. The van der Waals surface area contributed by atoms with E-state index < -0.39 is 113 Å². The third kappa shape index (κ3) is 6.52. The van der Waals surface area contributed by atoms with Crippen LogP contribution in [0, 0.1) is 22.7 Å². The number of ether oxygens (including phenoxy) is 5. The zero-order chi connectivity index (χ0) is 42.1. The Kier molecular flexibility index (Phi) is 10.4. The maximum Gasteiger partial charge on any atom is 0.338 e. The number of rotatable bonds is 9. The normalized spacial score (nSPS) is 36.3. The van der Waals surface area contributed by atoms with Crippen molar-refractivity contribution in [1.82, 2.24) is 5.32 Å². The monoisotopic (exact) mass is 803 g/mol. The van der Waals surface area contributed by atoms with Gasteiger partial charge < -0.3 is 44.3 Å². The van der Waals surface area contributed by atoms with Crippen LogP contribution in [0.3, 0.4) is 0 Å². The van der Waals surface area contributed by atoms with Gasteiger partial charge in [-0.3, -0.25) is 19.2 Å². The summed E-state index contributed by atoms with van der Waals surface area (Å²) in [5.74, 6) is -7.06. The highest BCUT2D eigenvalue weighted by Crippen LogP contribution is 2.64. The van der Waals surface area contributed by atoms with Crippen LogP contribution < -0.4 is 5.32 Å². The molecule has 0 aromatic heterocycles. The third-order valence-electron chi connectivity index (χ3n) is 13.3. The molecule has 15 heteroatoms. The number of Topliss-reactive ketones (excluding diaryl/α,β-unsaturated/α-hetero) is 1. The van der Waals surface area contributed by atoms with Crippen LogP contribution in [0.2, 0.25) is 0 Å². The predicted octanol–water partition coefficient (Wildman–Crippen LogP) is 2.38. The van der Waals surface area contributed by atoms with Crippen LogP contribution in [0.4, 0.5) is 0 Å². The molecule has 310 valence electrons. The summed E-state index contributed by atoms with van der Waals surface area (Å²) in [5, 5.41) is 39.5. The summed E-state index contributed by atoms with van der Waals surface area (Å²) in [4.78, 5) is 81.8. The average molecular weight is 804 g/mol. The van der Waals surface area contributed by atoms with E-state index in [0.29, 0.717) is 5.56 Å². The highest BCUT2D eigenvalue weighted by atomic mass is 16.6. The van der Waals surface area contributed by atoms with Gasteiger partial charge in [0.1, 0.15) is 23.9 Å². The zero-order valence-corrected chi connectivity index (χ0v) is 33.1. The SMILES string of the molecule is CC(=O)O[C@H]1C(=O)[C@@]2(C)[C@H]([C@H](OC(=O)c3ccccc3)[C@]3(O)C[C@H](OC(=O)[C@H](O)C4CC4NC(=O)c4ccccc4)C(C)=C1C3(C)C)[C@]1(OC(C)=O)CO[C@@H]1C[C@@H]2O. The molecule has 1 heterocycles. The zero-order valence-electron chi connectivity index (χ0n) is 33.1. The minimum absolute atomic E-state index is 0.0364. The van der Waals surface area contributed by atoms with Gasteiger partial charge in [-0.1, -0.05) is 50.2 Å². The van der Waals surface area contributed by atoms with Crippen molar-refractivity contribution in [3.05, 3.63) is 82.9 Å². The Morgan fingerprint density at radius 2 is 1.50 bits per heavy atom. The van der Waals surface area contributed by atoms with E-state index in [-0.39, 0.29) is 42.1 Å². The highest BCUT2D eigenvalue weighted by Gasteiger charge is 2.78. The summed E-state index contributed by atoms with van der Waals surface area (Å²) in [5.41, 5.74) is -6.95. The number of fused-ring (bicyclic) bond motifs is 5. The minimum Gasteiger partial charge on any atom is -0.456 e. The summed E-state index contributed by atoms with van der Waals surface area (Å²) in [6.07, 6.45) is -9.58. The van der Waals surface area contributed by atoms with E-state index >= 15 is 4.79 Å². The van der Waals surface area contributed by atoms with E-state index in [1.807, 2.05) is 0 Å². The quantitative estimate of drug-likeness (QED) is 0.163. The molecule has 1 saturated heterocycles. The Hall–Kier alpha value is -4.96. The number of esters is 4. The summed E-state index contributed by atoms with van der Waals surface area (Å²) in [6.45, 7) is 8.07. The number of aliphatic hydroxyl groups excluding tert-OH is 2. The lowest BCUT2D eigenvalue weighted by molar-refractivity contribution is -0.346. The number of carbonyl (C=O) groups excluding carboxylic acids is 6. The number of hydrogen-bond donors (Lipinski definition) is 4. The van der Waals surface area contributed by atoms with Gasteiger partial charge in [-0.25, -0.2) is 9.59 Å². The molecule has 15 nitrogen and oxygen atoms in total. The molecule has 2 unspecified atom stereocenters. The number of carbonyl (C=O) groups is 6. The maximum atomic E-state index is 15.3. The van der Waals surface area contributed by atoms with Gasteiger partial charge in [0, 0.05) is 49.6 Å². The number of benzene rings is 2. The molecule has 4 N–H and O–H groups in total. The molecule has 2 aromatic carbocycles. The molecule has 58 heavy (non-hydrogen) atoms. The van der Waals surface area contributed by atoms with Gasteiger partial charge in [0.05, 0.1) is 29.6 Å². The van der Waals surface area contributed by atoms with E-state index in [0.717, 1.165) is 13.8 Å². The molecule has 2 bridgehead atoms. The first-order valence-corrected chi connectivity index (χ1v) is 19.4. The maximum absolute atomic E-state index is 15.3. The lowest BCUT2D eigenvalue weighted by atomic mass is 9.44. The molecule has 4 aliphatic carbocycles. The molecular formula is C43H49NO14. The summed E-state index contributed by atoms with van der Waals surface area (Å²) in [6, 6.07) is 15.8. The molecule has 1 aliphatic heterocycles. The summed E-state index contributed by atoms with van der Waals surface area (Å²) in [7, 11) is 0. The van der Waals surface area contributed by atoms with Crippen LogP contribution >= 0.6 is 0 Å². The Balaban J connectivity index is 1.33. The first-order chi connectivity index (χ1) is 27.3. The second kappa shape index (κ2) is 14.7. The van der Waals surface area contributed by atoms with Crippen LogP contribution in [0.25, 0.3) is 0 Å². The van der Waals surface area contributed by atoms with Crippen molar-refractivity contribution in [2.75, 3.05) is 6.61 Å². The summed E-state index contributed by atoms with van der Waals surface area (Å²) < 4.78 is 30.0. The lowest BCUT2D eigenvalue weighted by Gasteiger charge is -2.67. The number of nitrogens with one attached hydrogen (secondary N) is 1. The van der Waals surface area contributed by atoms with Gasteiger partial charge in [0.2, 0.25) is 0 Å². The molecule has 3 saturated carbocycles. The van der Waals surface area contributed by atoms with Gasteiger partial charge in [-0.15, -0.1) is 0 Å². The number of hydrogen-bond acceptors (Lipinski definition) is 14. The number of amides is 1. The van der Waals surface area contributed by atoms with Crippen LogP contribution in [0.5, 0.6) is 0 Å². The predicted molar refractivity (Wildman–Crippen MR) is 200 cm³/mol. The van der Waals surface area contributed by atoms with Crippen molar-refractivity contribution in [3.8, 4) is 0 Å². The van der Waals surface area contributed by atoms with Crippen molar-refractivity contribution in [2.24, 2.45) is 22.7 Å². The second-order valence-corrected chi connectivity index (χ2v) is 17.0. The van der Waals surface area contributed by atoms with Crippen LogP contribution in [0.15, 0.2) is 71.8 Å². The van der Waals surface area contributed by atoms with Gasteiger partial charge in [0.25, 0.3) is 5.91 Å². The molecule has 7 rings (SSSR count). The van der Waals surface area contributed by atoms with Crippen LogP contribution in [-0.2, 0) is 42.9 Å². The third-order valence-corrected chi connectivity index (χ3v) is 13.3. The van der Waals surface area contributed by atoms with Gasteiger partial charge in [-0.2, -0.15) is 0 Å². The molecule has 4 fully saturated rings. The van der Waals surface area contributed by atoms with Crippen molar-refractivity contribution in [3.63, 3.8) is 0 Å². The first-order valence-electron chi connectivity index (χ1n) is 19.4. The fourth-order valence-corrected chi connectivity index (χ4v) is 9.97. The van der Waals surface area contributed by atoms with E-state index in [9.17, 15) is 39.3 Å². The Morgan fingerprint density at radius 1 is 0.879 bits per heavy atom.